The van der Waals surface area contributed by atoms with Crippen LogP contribution in [0.2, 0.25) is 0 Å². The van der Waals surface area contributed by atoms with Crippen LogP contribution in [0.1, 0.15) is 59.3 Å². The zero-order valence-electron chi connectivity index (χ0n) is 19.9. The molecule has 1 unspecified atom stereocenters. The van der Waals surface area contributed by atoms with Gasteiger partial charge in [0.15, 0.2) is 11.5 Å². The normalized spacial score (nSPS) is 17.1. The van der Waals surface area contributed by atoms with Crippen LogP contribution in [0.3, 0.4) is 0 Å². The lowest BCUT2D eigenvalue weighted by molar-refractivity contribution is -0.570. The van der Waals surface area contributed by atoms with Crippen molar-refractivity contribution in [2.24, 2.45) is 4.99 Å². The molecule has 0 saturated heterocycles. The Morgan fingerprint density at radius 3 is 2.50 bits per heavy atom. The van der Waals surface area contributed by atoms with Crippen LogP contribution in [0.15, 0.2) is 59.3 Å². The summed E-state index contributed by atoms with van der Waals surface area (Å²) in [5.41, 5.74) is 3.14. The zero-order chi connectivity index (χ0) is 22.3. The smallest absolute Gasteiger partial charge is 0.159 e. The number of fused-ring (bicyclic) bond motifs is 4. The molecule has 2 aliphatic rings. The summed E-state index contributed by atoms with van der Waals surface area (Å²) in [6.45, 7) is 9.82. The van der Waals surface area contributed by atoms with Crippen LogP contribution in [-0.2, 0) is 0 Å². The summed E-state index contributed by atoms with van der Waals surface area (Å²) < 4.78 is 6.46. The number of unbranched alkanes of at least 4 members (excludes halogenated alkanes) is 5. The molecule has 2 aromatic rings. The monoisotopic (exact) mass is 432 g/mol. The number of hydrogen-bond donors (Lipinski definition) is 1. The van der Waals surface area contributed by atoms with Crippen LogP contribution < -0.4 is 10.1 Å². The summed E-state index contributed by atoms with van der Waals surface area (Å²) >= 11 is 0. The number of aliphatic imine (C=N–C) groups is 1. The van der Waals surface area contributed by atoms with E-state index in [0.717, 1.165) is 42.5 Å². The maximum absolute atomic E-state index is 6.46. The van der Waals surface area contributed by atoms with Crippen LogP contribution in [0.25, 0.3) is 10.8 Å². The minimum atomic E-state index is 0.264. The first-order chi connectivity index (χ1) is 15.7. The molecule has 0 radical (unpaired) electrons. The van der Waals surface area contributed by atoms with Gasteiger partial charge in [-0.15, -0.1) is 0 Å². The summed E-state index contributed by atoms with van der Waals surface area (Å²) in [5.74, 6) is 1.76. The second-order valence-corrected chi connectivity index (χ2v) is 8.82. The summed E-state index contributed by atoms with van der Waals surface area (Å²) in [4.78, 5) is 7.44. The fourth-order valence-corrected chi connectivity index (χ4v) is 4.76. The van der Waals surface area contributed by atoms with E-state index in [4.69, 9.17) is 9.73 Å². The van der Waals surface area contributed by atoms with Gasteiger partial charge in [0.25, 0.3) is 0 Å². The molecule has 0 fully saturated rings. The van der Waals surface area contributed by atoms with Gasteiger partial charge >= 0.3 is 0 Å². The number of rotatable bonds is 11. The van der Waals surface area contributed by atoms with E-state index in [-0.39, 0.29) is 6.04 Å². The third kappa shape index (κ3) is 4.97. The van der Waals surface area contributed by atoms with Crippen LogP contribution in [-0.4, -0.2) is 36.3 Å². The molecule has 2 aromatic carbocycles. The molecule has 2 N–H and O–H groups in total. The molecular weight excluding hydrogens is 394 g/mol. The van der Waals surface area contributed by atoms with Gasteiger partial charge in [-0.2, -0.15) is 0 Å². The molecule has 1 heterocycles. The van der Waals surface area contributed by atoms with E-state index in [1.54, 1.807) is 0 Å². The number of hydrogen-bond acceptors (Lipinski definition) is 3. The van der Waals surface area contributed by atoms with Crippen LogP contribution >= 0.6 is 0 Å². The highest BCUT2D eigenvalue weighted by Gasteiger charge is 2.26. The van der Waals surface area contributed by atoms with E-state index >= 15 is 0 Å². The Kier molecular flexibility index (Phi) is 7.77. The molecule has 0 saturated carbocycles. The van der Waals surface area contributed by atoms with E-state index in [1.165, 1.54) is 55.0 Å². The summed E-state index contributed by atoms with van der Waals surface area (Å²) in [7, 11) is 0. The highest BCUT2D eigenvalue weighted by molar-refractivity contribution is 6.14. The number of benzene rings is 2. The fraction of sp³-hybridized carbons (Fsp3) is 0.464. The first-order valence-corrected chi connectivity index (χ1v) is 12.5. The lowest BCUT2D eigenvalue weighted by atomic mass is 10.0. The van der Waals surface area contributed by atoms with Crippen LogP contribution in [0, 0.1) is 0 Å². The molecule has 4 heteroatoms. The molecule has 0 aromatic heterocycles. The van der Waals surface area contributed by atoms with E-state index in [0.29, 0.717) is 0 Å². The van der Waals surface area contributed by atoms with Gasteiger partial charge in [-0.25, -0.2) is 4.99 Å². The molecule has 0 bridgehead atoms. The van der Waals surface area contributed by atoms with Crippen molar-refractivity contribution >= 4 is 27.9 Å². The lowest BCUT2D eigenvalue weighted by Gasteiger charge is -2.29. The summed E-state index contributed by atoms with van der Waals surface area (Å²) in [6.07, 6.45) is 14.5. The second-order valence-electron chi connectivity index (χ2n) is 8.82. The number of nitrogens with zero attached hydrogens (tertiary/aromatic N) is 2. The topological polar surface area (TPSA) is 41.4 Å². The largest absolute Gasteiger partial charge is 0.453 e. The van der Waals surface area contributed by atoms with Crippen molar-refractivity contribution < 1.29 is 10.1 Å². The number of quaternary nitrogens is 1. The van der Waals surface area contributed by atoms with Gasteiger partial charge in [0, 0.05) is 16.8 Å². The van der Waals surface area contributed by atoms with Crippen molar-refractivity contribution in [3.63, 3.8) is 0 Å². The van der Waals surface area contributed by atoms with Gasteiger partial charge < -0.3 is 10.1 Å². The molecule has 32 heavy (non-hydrogen) atoms. The predicted octanol–water partition coefficient (Wildman–Crippen LogP) is 6.02. The molecule has 4 rings (SSSR count). The highest BCUT2D eigenvalue weighted by atomic mass is 16.5. The number of allylic oxidation sites excluding steroid dienone is 1. The number of likely N-dealkylation sites (N-methyl/N-ethyl adjacent to an activating group) is 1. The average Bonchev–Trinajstić information content (AvgIpc) is 2.83. The second kappa shape index (κ2) is 10.9. The van der Waals surface area contributed by atoms with E-state index < -0.39 is 0 Å². The molecule has 1 aliphatic carbocycles. The average molecular weight is 433 g/mol. The van der Waals surface area contributed by atoms with Gasteiger partial charge in [0.2, 0.25) is 0 Å². The van der Waals surface area contributed by atoms with Gasteiger partial charge in [-0.3, -0.25) is 4.90 Å². The first-order valence-electron chi connectivity index (χ1n) is 12.5. The highest BCUT2D eigenvalue weighted by Crippen LogP contribution is 2.43. The van der Waals surface area contributed by atoms with Crippen molar-refractivity contribution in [3.8, 4) is 5.75 Å². The van der Waals surface area contributed by atoms with E-state index in [1.807, 2.05) is 0 Å². The van der Waals surface area contributed by atoms with Crippen molar-refractivity contribution in [1.29, 1.82) is 0 Å². The molecular formula is C28H38N3O+. The standard InChI is InChI=1S/C28H37N3O/c1-4-7-8-9-10-13-18-29-25-20-27-28(23-15-12-11-14-22(23)25)30-24-17-16-21(19-26(24)32-27)31(5-2)6-3/h11-12,14-17,19-21,29H,4-10,13,18H2,1-3H3/p+1. The van der Waals surface area contributed by atoms with Crippen molar-refractivity contribution in [1.82, 2.24) is 4.90 Å². The zero-order valence-corrected chi connectivity index (χ0v) is 19.9. The SMILES string of the molecule is CCCCCCCC[NH2+]c1cc2c(c3ccccc13)N=C1C=CC(N(CC)CC)C=C1O2. The minimum absolute atomic E-state index is 0.264. The van der Waals surface area contributed by atoms with Crippen LogP contribution in [0.4, 0.5) is 11.4 Å². The fourth-order valence-electron chi connectivity index (χ4n) is 4.76. The molecule has 170 valence electrons. The van der Waals surface area contributed by atoms with Gasteiger partial charge in [-0.05, 0) is 44.1 Å². The Hall–Kier alpha value is -2.43. The lowest BCUT2D eigenvalue weighted by Crippen LogP contribution is -2.78. The molecule has 1 atom stereocenters. The number of nitrogens with two attached hydrogens (primary N) is 1. The van der Waals surface area contributed by atoms with Gasteiger partial charge in [-0.1, -0.05) is 70.7 Å². The summed E-state index contributed by atoms with van der Waals surface area (Å²) in [6, 6.07) is 11.1. The molecule has 1 aliphatic heterocycles. The van der Waals surface area contributed by atoms with E-state index in [9.17, 15) is 0 Å². The minimum Gasteiger partial charge on any atom is -0.453 e. The number of ether oxygens (including phenoxy) is 1. The molecule has 0 amide bonds. The Morgan fingerprint density at radius 2 is 1.72 bits per heavy atom. The van der Waals surface area contributed by atoms with Gasteiger partial charge in [0.05, 0.1) is 12.6 Å². The third-order valence-electron chi connectivity index (χ3n) is 6.65. The predicted molar refractivity (Wildman–Crippen MR) is 135 cm³/mol. The van der Waals surface area contributed by atoms with E-state index in [2.05, 4.69) is 79.5 Å². The quantitative estimate of drug-likeness (QED) is 0.348. The Balaban J connectivity index is 1.56. The molecule has 0 spiro atoms. The Bertz CT molecular complexity index is 1020. The third-order valence-corrected chi connectivity index (χ3v) is 6.65. The maximum Gasteiger partial charge on any atom is 0.159 e. The summed E-state index contributed by atoms with van der Waals surface area (Å²) in [5, 5.41) is 4.82. The Morgan fingerprint density at radius 1 is 0.969 bits per heavy atom. The van der Waals surface area contributed by atoms with Gasteiger partial charge in [0.1, 0.15) is 17.1 Å². The van der Waals surface area contributed by atoms with Crippen molar-refractivity contribution in [2.45, 2.75) is 65.3 Å². The Labute approximate surface area is 193 Å². The van der Waals surface area contributed by atoms with Crippen molar-refractivity contribution in [3.05, 3.63) is 54.3 Å². The molecule has 4 nitrogen and oxygen atoms in total. The first kappa shape index (κ1) is 22.8. The van der Waals surface area contributed by atoms with Crippen LogP contribution in [0.5, 0.6) is 5.75 Å². The van der Waals surface area contributed by atoms with Crippen molar-refractivity contribution in [2.75, 3.05) is 19.6 Å². The maximum atomic E-state index is 6.46.